The number of aliphatic hydroxyl groups excluding tert-OH is 1. The third kappa shape index (κ3) is 3.64. The van der Waals surface area contributed by atoms with E-state index in [0.29, 0.717) is 12.3 Å². The molecule has 1 aromatic carbocycles. The zero-order valence-electron chi connectivity index (χ0n) is 10.7. The van der Waals surface area contributed by atoms with E-state index >= 15 is 0 Å². The van der Waals surface area contributed by atoms with E-state index in [1.165, 1.54) is 0 Å². The second-order valence-corrected chi connectivity index (χ2v) is 5.19. The molecule has 2 N–H and O–H groups in total. The highest BCUT2D eigenvalue weighted by Gasteiger charge is 2.26. The first-order valence-electron chi connectivity index (χ1n) is 5.86. The van der Waals surface area contributed by atoms with Gasteiger partial charge < -0.3 is 10.4 Å². The highest BCUT2D eigenvalue weighted by molar-refractivity contribution is 6.30. The van der Waals surface area contributed by atoms with Gasteiger partial charge in [0.2, 0.25) is 0 Å². The first kappa shape index (κ1) is 15.3. The summed E-state index contributed by atoms with van der Waals surface area (Å²) in [5, 5.41) is 13.0. The summed E-state index contributed by atoms with van der Waals surface area (Å²) in [6.07, 6.45) is -0.631. The van der Waals surface area contributed by atoms with Crippen LogP contribution in [0.25, 0.3) is 0 Å². The standard InChI is InChI=1S/C13H18ClF2NO/c1-7(2)4-11(17-3)13(18)12-9(15)5-8(14)6-10(12)16/h5-7,11,13,17-18H,4H2,1-3H3/t11-,13?/m0/s1. The van der Waals surface area contributed by atoms with Crippen LogP contribution in [0.1, 0.15) is 31.9 Å². The summed E-state index contributed by atoms with van der Waals surface area (Å²) in [6.45, 7) is 3.96. The highest BCUT2D eigenvalue weighted by Crippen LogP contribution is 2.28. The van der Waals surface area contributed by atoms with E-state index in [-0.39, 0.29) is 10.6 Å². The molecule has 102 valence electrons. The van der Waals surface area contributed by atoms with Crippen molar-refractivity contribution in [3.8, 4) is 0 Å². The van der Waals surface area contributed by atoms with Crippen LogP contribution in [0.4, 0.5) is 8.78 Å². The second-order valence-electron chi connectivity index (χ2n) is 4.75. The van der Waals surface area contributed by atoms with Gasteiger partial charge in [0.15, 0.2) is 0 Å². The number of hydrogen-bond donors (Lipinski definition) is 2. The molecule has 0 aliphatic rings. The Labute approximate surface area is 111 Å². The van der Waals surface area contributed by atoms with Crippen molar-refractivity contribution < 1.29 is 13.9 Å². The van der Waals surface area contributed by atoms with Crippen LogP contribution in [0.15, 0.2) is 12.1 Å². The van der Waals surface area contributed by atoms with Gasteiger partial charge in [-0.25, -0.2) is 8.78 Å². The molecule has 0 spiro atoms. The first-order valence-corrected chi connectivity index (χ1v) is 6.24. The Morgan fingerprint density at radius 2 is 1.78 bits per heavy atom. The fourth-order valence-electron chi connectivity index (χ4n) is 1.95. The molecule has 0 aliphatic heterocycles. The van der Waals surface area contributed by atoms with Crippen molar-refractivity contribution >= 4 is 11.6 Å². The Kier molecular flexibility index (Phi) is 5.50. The van der Waals surface area contributed by atoms with Gasteiger partial charge in [0.1, 0.15) is 11.6 Å². The number of likely N-dealkylation sites (N-methyl/N-ethyl adjacent to an activating group) is 1. The molecule has 1 aromatic rings. The van der Waals surface area contributed by atoms with Gasteiger partial charge in [0, 0.05) is 11.1 Å². The predicted molar refractivity (Wildman–Crippen MR) is 68.6 cm³/mol. The van der Waals surface area contributed by atoms with Gasteiger partial charge in [-0.1, -0.05) is 25.4 Å². The zero-order chi connectivity index (χ0) is 13.9. The Hall–Kier alpha value is -0.710. The van der Waals surface area contributed by atoms with Gasteiger partial charge >= 0.3 is 0 Å². The summed E-state index contributed by atoms with van der Waals surface area (Å²) >= 11 is 5.55. The minimum absolute atomic E-state index is 0.0224. The Morgan fingerprint density at radius 1 is 1.28 bits per heavy atom. The maximum atomic E-state index is 13.7. The van der Waals surface area contributed by atoms with E-state index in [0.717, 1.165) is 12.1 Å². The van der Waals surface area contributed by atoms with Gasteiger partial charge in [-0.05, 0) is 31.5 Å². The SMILES string of the molecule is CN[C@@H](CC(C)C)C(O)c1c(F)cc(Cl)cc1F. The van der Waals surface area contributed by atoms with Gasteiger partial charge in [-0.15, -0.1) is 0 Å². The Morgan fingerprint density at radius 3 is 2.17 bits per heavy atom. The van der Waals surface area contributed by atoms with E-state index in [1.807, 2.05) is 13.8 Å². The van der Waals surface area contributed by atoms with E-state index in [9.17, 15) is 13.9 Å². The number of nitrogens with one attached hydrogen (secondary N) is 1. The number of hydrogen-bond acceptors (Lipinski definition) is 2. The fourth-order valence-corrected chi connectivity index (χ4v) is 2.14. The number of benzene rings is 1. The molecular formula is C13H18ClF2NO. The third-order valence-corrected chi connectivity index (χ3v) is 3.04. The van der Waals surface area contributed by atoms with E-state index in [4.69, 9.17) is 11.6 Å². The molecule has 0 saturated heterocycles. The van der Waals surface area contributed by atoms with Gasteiger partial charge in [-0.2, -0.15) is 0 Å². The number of halogens is 3. The Balaban J connectivity index is 3.05. The maximum absolute atomic E-state index is 13.7. The number of aliphatic hydroxyl groups is 1. The fraction of sp³-hybridized carbons (Fsp3) is 0.538. The molecule has 0 radical (unpaired) electrons. The average molecular weight is 278 g/mol. The molecule has 2 nitrogen and oxygen atoms in total. The first-order chi connectivity index (χ1) is 8.36. The molecule has 0 bridgehead atoms. The molecule has 0 fully saturated rings. The predicted octanol–water partition coefficient (Wildman–Crippen LogP) is 3.29. The second kappa shape index (κ2) is 6.45. The molecule has 5 heteroatoms. The lowest BCUT2D eigenvalue weighted by Gasteiger charge is -2.25. The summed E-state index contributed by atoms with van der Waals surface area (Å²) in [5.41, 5.74) is -0.334. The minimum Gasteiger partial charge on any atom is -0.387 e. The van der Waals surface area contributed by atoms with Gasteiger partial charge in [0.05, 0.1) is 11.7 Å². The molecule has 0 saturated carbocycles. The van der Waals surface area contributed by atoms with Gasteiger partial charge in [-0.3, -0.25) is 0 Å². The topological polar surface area (TPSA) is 32.3 Å². The summed E-state index contributed by atoms with van der Waals surface area (Å²) in [7, 11) is 1.65. The summed E-state index contributed by atoms with van der Waals surface area (Å²) in [5.74, 6) is -1.34. The highest BCUT2D eigenvalue weighted by atomic mass is 35.5. The molecule has 0 aliphatic carbocycles. The molecule has 0 aromatic heterocycles. The molecule has 2 atom stereocenters. The lowest BCUT2D eigenvalue weighted by molar-refractivity contribution is 0.113. The van der Waals surface area contributed by atoms with Crippen LogP contribution in [-0.2, 0) is 0 Å². The third-order valence-electron chi connectivity index (χ3n) is 2.82. The van der Waals surface area contributed by atoms with E-state index < -0.39 is 23.8 Å². The normalized spacial score (nSPS) is 14.9. The van der Waals surface area contributed by atoms with Crippen molar-refractivity contribution in [2.24, 2.45) is 5.92 Å². The van der Waals surface area contributed by atoms with Crippen molar-refractivity contribution in [2.45, 2.75) is 32.4 Å². The van der Waals surface area contributed by atoms with Crippen LogP contribution in [0.3, 0.4) is 0 Å². The lowest BCUT2D eigenvalue weighted by atomic mass is 9.94. The molecule has 1 unspecified atom stereocenters. The van der Waals surface area contributed by atoms with Crippen molar-refractivity contribution in [1.29, 1.82) is 0 Å². The average Bonchev–Trinajstić information content (AvgIpc) is 2.23. The summed E-state index contributed by atoms with van der Waals surface area (Å²) < 4.78 is 27.4. The van der Waals surface area contributed by atoms with Gasteiger partial charge in [0.25, 0.3) is 0 Å². The van der Waals surface area contributed by atoms with Crippen molar-refractivity contribution in [2.75, 3.05) is 7.05 Å². The summed E-state index contributed by atoms with van der Waals surface area (Å²) in [4.78, 5) is 0. The Bertz CT molecular complexity index is 389. The van der Waals surface area contributed by atoms with Crippen LogP contribution in [0.2, 0.25) is 5.02 Å². The molecule has 0 heterocycles. The van der Waals surface area contributed by atoms with Crippen molar-refractivity contribution in [3.63, 3.8) is 0 Å². The lowest BCUT2D eigenvalue weighted by Crippen LogP contribution is -2.34. The van der Waals surface area contributed by atoms with Crippen molar-refractivity contribution in [3.05, 3.63) is 34.4 Å². The van der Waals surface area contributed by atoms with E-state index in [2.05, 4.69) is 5.32 Å². The van der Waals surface area contributed by atoms with E-state index in [1.54, 1.807) is 7.05 Å². The van der Waals surface area contributed by atoms with Crippen molar-refractivity contribution in [1.82, 2.24) is 5.32 Å². The molecular weight excluding hydrogens is 260 g/mol. The number of rotatable bonds is 5. The quantitative estimate of drug-likeness (QED) is 0.866. The molecule has 0 amide bonds. The maximum Gasteiger partial charge on any atom is 0.133 e. The summed E-state index contributed by atoms with van der Waals surface area (Å²) in [6, 6.07) is 1.60. The largest absolute Gasteiger partial charge is 0.387 e. The zero-order valence-corrected chi connectivity index (χ0v) is 11.4. The monoisotopic (exact) mass is 277 g/mol. The minimum atomic E-state index is -1.24. The van der Waals surface area contributed by atoms with Crippen LogP contribution >= 0.6 is 11.6 Å². The molecule has 18 heavy (non-hydrogen) atoms. The van der Waals surface area contributed by atoms with Crippen LogP contribution < -0.4 is 5.32 Å². The molecule has 1 rings (SSSR count). The van der Waals surface area contributed by atoms with Crippen LogP contribution in [-0.4, -0.2) is 18.2 Å². The van der Waals surface area contributed by atoms with Crippen LogP contribution in [0.5, 0.6) is 0 Å². The van der Waals surface area contributed by atoms with Crippen LogP contribution in [0, 0.1) is 17.6 Å². The smallest absolute Gasteiger partial charge is 0.133 e.